The molecule has 0 radical (unpaired) electrons. The zero-order valence-corrected chi connectivity index (χ0v) is 7.30. The minimum Gasteiger partial charge on any atom is -0.461 e. The lowest BCUT2D eigenvalue weighted by atomic mass is 10.4. The molecule has 0 amide bonds. The van der Waals surface area contributed by atoms with Gasteiger partial charge in [0.1, 0.15) is 6.61 Å². The van der Waals surface area contributed by atoms with E-state index in [2.05, 4.69) is 11.9 Å². The van der Waals surface area contributed by atoms with Crippen molar-refractivity contribution in [1.29, 1.82) is 0 Å². The van der Waals surface area contributed by atoms with Crippen molar-refractivity contribution in [3.8, 4) is 0 Å². The van der Waals surface area contributed by atoms with Crippen molar-refractivity contribution in [1.82, 2.24) is 5.32 Å². The van der Waals surface area contributed by atoms with Gasteiger partial charge in [-0.2, -0.15) is 0 Å². The fourth-order valence-electron chi connectivity index (χ4n) is 0.543. The molecule has 70 valence electrons. The Labute approximate surface area is 72.2 Å². The van der Waals surface area contributed by atoms with Gasteiger partial charge in [0.15, 0.2) is 0 Å². The summed E-state index contributed by atoms with van der Waals surface area (Å²) < 4.78 is 4.77. The Balaban J connectivity index is 3.20. The number of aliphatic hydroxyl groups is 1. The number of aliphatic hydroxyl groups excluding tert-OH is 1. The van der Waals surface area contributed by atoms with Gasteiger partial charge in [-0.25, -0.2) is 4.79 Å². The van der Waals surface area contributed by atoms with Crippen LogP contribution in [0.3, 0.4) is 0 Å². The number of nitrogens with one attached hydrogen (secondary N) is 1. The first-order valence-electron chi connectivity index (χ1n) is 3.82. The van der Waals surface area contributed by atoms with E-state index in [0.717, 1.165) is 0 Å². The van der Waals surface area contributed by atoms with E-state index in [-0.39, 0.29) is 12.6 Å². The van der Waals surface area contributed by atoms with Gasteiger partial charge in [-0.05, 0) is 6.92 Å². The van der Waals surface area contributed by atoms with Crippen molar-refractivity contribution in [2.75, 3.05) is 26.3 Å². The van der Waals surface area contributed by atoms with Crippen molar-refractivity contribution in [2.45, 2.75) is 6.92 Å². The molecule has 0 aromatic carbocycles. The standard InChI is InChI=1S/C8H15NO3/c1-7(2)8(11)12-6-4-9-3-5-10/h9-10H,1,3-6H2,2H3. The van der Waals surface area contributed by atoms with Crippen LogP contribution in [0, 0.1) is 0 Å². The van der Waals surface area contributed by atoms with Gasteiger partial charge in [-0.1, -0.05) is 6.58 Å². The third kappa shape index (κ3) is 5.88. The molecular formula is C8H15NO3. The molecule has 12 heavy (non-hydrogen) atoms. The molecule has 0 rings (SSSR count). The second kappa shape index (κ2) is 6.82. The van der Waals surface area contributed by atoms with Gasteiger partial charge in [0.25, 0.3) is 0 Å². The maximum atomic E-state index is 10.8. The maximum absolute atomic E-state index is 10.8. The largest absolute Gasteiger partial charge is 0.461 e. The predicted octanol–water partition coefficient (Wildman–Crippen LogP) is -0.312. The van der Waals surface area contributed by atoms with Crippen molar-refractivity contribution in [3.63, 3.8) is 0 Å². The SMILES string of the molecule is C=C(C)C(=O)OCCNCCO. The Hall–Kier alpha value is -0.870. The summed E-state index contributed by atoms with van der Waals surface area (Å²) in [5.74, 6) is -0.374. The molecule has 0 bridgehead atoms. The number of rotatable bonds is 6. The topological polar surface area (TPSA) is 58.6 Å². The van der Waals surface area contributed by atoms with Crippen molar-refractivity contribution in [3.05, 3.63) is 12.2 Å². The zero-order valence-electron chi connectivity index (χ0n) is 7.30. The minimum atomic E-state index is -0.374. The first-order chi connectivity index (χ1) is 5.68. The van der Waals surface area contributed by atoms with Gasteiger partial charge < -0.3 is 15.2 Å². The molecule has 0 aromatic heterocycles. The number of hydrogen-bond acceptors (Lipinski definition) is 4. The molecule has 0 unspecified atom stereocenters. The van der Waals surface area contributed by atoms with E-state index in [1.807, 2.05) is 0 Å². The van der Waals surface area contributed by atoms with Crippen LogP contribution in [0.25, 0.3) is 0 Å². The van der Waals surface area contributed by atoms with E-state index in [1.54, 1.807) is 6.92 Å². The molecule has 0 aliphatic rings. The maximum Gasteiger partial charge on any atom is 0.333 e. The Kier molecular flexibility index (Phi) is 6.32. The molecule has 0 spiro atoms. The van der Waals surface area contributed by atoms with E-state index in [1.165, 1.54) is 0 Å². The summed E-state index contributed by atoms with van der Waals surface area (Å²) in [6.45, 7) is 6.51. The van der Waals surface area contributed by atoms with Crippen LogP contribution in [0.5, 0.6) is 0 Å². The predicted molar refractivity (Wildman–Crippen MR) is 45.7 cm³/mol. The third-order valence-corrected chi connectivity index (χ3v) is 1.15. The number of hydrogen-bond donors (Lipinski definition) is 2. The van der Waals surface area contributed by atoms with Crippen LogP contribution in [0.1, 0.15) is 6.92 Å². The summed E-state index contributed by atoms with van der Waals surface area (Å²) in [6.07, 6.45) is 0. The molecule has 4 nitrogen and oxygen atoms in total. The lowest BCUT2D eigenvalue weighted by Crippen LogP contribution is -2.24. The Morgan fingerprint density at radius 1 is 1.58 bits per heavy atom. The first-order valence-corrected chi connectivity index (χ1v) is 3.82. The number of ether oxygens (including phenoxy) is 1. The summed E-state index contributed by atoms with van der Waals surface area (Å²) in [4.78, 5) is 10.8. The number of carbonyl (C=O) groups excluding carboxylic acids is 1. The highest BCUT2D eigenvalue weighted by molar-refractivity contribution is 5.86. The van der Waals surface area contributed by atoms with Crippen LogP contribution in [-0.2, 0) is 9.53 Å². The van der Waals surface area contributed by atoms with E-state index < -0.39 is 0 Å². The smallest absolute Gasteiger partial charge is 0.333 e. The normalized spacial score (nSPS) is 9.50. The molecule has 0 saturated heterocycles. The fourth-order valence-corrected chi connectivity index (χ4v) is 0.543. The Morgan fingerprint density at radius 2 is 2.25 bits per heavy atom. The Bertz CT molecular complexity index is 156. The third-order valence-electron chi connectivity index (χ3n) is 1.15. The number of esters is 1. The van der Waals surface area contributed by atoms with E-state index in [9.17, 15) is 4.79 Å². The van der Waals surface area contributed by atoms with Crippen LogP contribution < -0.4 is 5.32 Å². The van der Waals surface area contributed by atoms with Gasteiger partial charge in [0, 0.05) is 18.7 Å². The molecule has 0 fully saturated rings. The molecule has 0 aliphatic heterocycles. The second-order valence-corrected chi connectivity index (χ2v) is 2.39. The zero-order chi connectivity index (χ0) is 9.40. The van der Waals surface area contributed by atoms with Gasteiger partial charge in [-0.15, -0.1) is 0 Å². The van der Waals surface area contributed by atoms with E-state index in [0.29, 0.717) is 25.3 Å². The quantitative estimate of drug-likeness (QED) is 0.328. The average Bonchev–Trinajstić information content (AvgIpc) is 2.03. The van der Waals surface area contributed by atoms with Crippen molar-refractivity contribution < 1.29 is 14.6 Å². The van der Waals surface area contributed by atoms with Crippen molar-refractivity contribution >= 4 is 5.97 Å². The highest BCUT2D eigenvalue weighted by Gasteiger charge is 2.00. The Morgan fingerprint density at radius 3 is 2.75 bits per heavy atom. The molecule has 0 aliphatic carbocycles. The molecular weight excluding hydrogens is 158 g/mol. The monoisotopic (exact) mass is 173 g/mol. The van der Waals surface area contributed by atoms with Crippen LogP contribution in [0.15, 0.2) is 12.2 Å². The fraction of sp³-hybridized carbons (Fsp3) is 0.625. The van der Waals surface area contributed by atoms with Gasteiger partial charge in [-0.3, -0.25) is 0 Å². The summed E-state index contributed by atoms with van der Waals surface area (Å²) in [6, 6.07) is 0. The summed E-state index contributed by atoms with van der Waals surface area (Å²) >= 11 is 0. The van der Waals surface area contributed by atoms with Gasteiger partial charge >= 0.3 is 5.97 Å². The molecule has 2 N–H and O–H groups in total. The number of carbonyl (C=O) groups is 1. The lowest BCUT2D eigenvalue weighted by Gasteiger charge is -2.04. The highest BCUT2D eigenvalue weighted by atomic mass is 16.5. The summed E-state index contributed by atoms with van der Waals surface area (Å²) in [5, 5.41) is 11.3. The second-order valence-electron chi connectivity index (χ2n) is 2.39. The minimum absolute atomic E-state index is 0.0917. The molecule has 0 saturated carbocycles. The highest BCUT2D eigenvalue weighted by Crippen LogP contribution is 1.90. The van der Waals surface area contributed by atoms with Crippen LogP contribution in [-0.4, -0.2) is 37.4 Å². The molecule has 0 aromatic rings. The van der Waals surface area contributed by atoms with E-state index >= 15 is 0 Å². The molecule has 0 atom stereocenters. The summed E-state index contributed by atoms with van der Waals surface area (Å²) in [5.41, 5.74) is 0.400. The molecule has 0 heterocycles. The van der Waals surface area contributed by atoms with Gasteiger partial charge in [0.2, 0.25) is 0 Å². The van der Waals surface area contributed by atoms with Crippen molar-refractivity contribution in [2.24, 2.45) is 0 Å². The molecule has 4 heteroatoms. The van der Waals surface area contributed by atoms with Crippen LogP contribution >= 0.6 is 0 Å². The average molecular weight is 173 g/mol. The summed E-state index contributed by atoms with van der Waals surface area (Å²) in [7, 11) is 0. The van der Waals surface area contributed by atoms with Crippen LogP contribution in [0.4, 0.5) is 0 Å². The van der Waals surface area contributed by atoms with Crippen LogP contribution in [0.2, 0.25) is 0 Å². The van der Waals surface area contributed by atoms with E-state index in [4.69, 9.17) is 9.84 Å². The van der Waals surface area contributed by atoms with Gasteiger partial charge in [0.05, 0.1) is 6.61 Å². The lowest BCUT2D eigenvalue weighted by molar-refractivity contribution is -0.138. The first kappa shape index (κ1) is 11.1.